The van der Waals surface area contributed by atoms with Crippen LogP contribution in [0.5, 0.6) is 0 Å². The van der Waals surface area contributed by atoms with Gasteiger partial charge in [0.05, 0.1) is 22.4 Å². The van der Waals surface area contributed by atoms with Crippen LogP contribution in [-0.2, 0) is 0 Å². The van der Waals surface area contributed by atoms with Crippen LogP contribution < -0.4 is 4.90 Å². The number of hydrogen-bond donors (Lipinski definition) is 0. The number of para-hydroxylation sites is 5. The summed E-state index contributed by atoms with van der Waals surface area (Å²) in [6, 6.07) is 91.9. The first kappa shape index (κ1) is 38.5. The van der Waals surface area contributed by atoms with Crippen LogP contribution in [0.3, 0.4) is 0 Å². The third-order valence-electron chi connectivity index (χ3n) is 13.4. The lowest BCUT2D eigenvalue weighted by Gasteiger charge is -2.29. The normalized spacial score (nSPS) is 11.6. The van der Waals surface area contributed by atoms with E-state index in [1.54, 1.807) is 0 Å². The van der Waals surface area contributed by atoms with Gasteiger partial charge in [-0.2, -0.15) is 0 Å². The standard InChI is InChI=1S/C64H42N2O/c1-2-16-43(17-3-1)44-32-37-48(38-33-44)65(49-39-34-46(35-40-49)51-25-14-19-45-18-4-5-20-50(45)51)62-41-36-47(42-58(62)57-27-15-26-56-55-24-9-13-31-63(55)67-64(56)57)52-21-6-10-28-59(52)66-60-29-11-7-22-53(60)54-23-8-12-30-61(54)66/h1-42H. The van der Waals surface area contributed by atoms with Crippen LogP contribution in [0, 0.1) is 0 Å². The minimum absolute atomic E-state index is 0.864. The Bertz CT molecular complexity index is 3910. The number of hydrogen-bond acceptors (Lipinski definition) is 2. The number of anilines is 3. The van der Waals surface area contributed by atoms with Gasteiger partial charge in [-0.15, -0.1) is 0 Å². The Balaban J connectivity index is 1.05. The highest BCUT2D eigenvalue weighted by Crippen LogP contribution is 2.47. The molecule has 0 unspecified atom stereocenters. The number of fused-ring (bicyclic) bond motifs is 7. The van der Waals surface area contributed by atoms with E-state index in [2.05, 4.69) is 258 Å². The van der Waals surface area contributed by atoms with E-state index in [-0.39, 0.29) is 0 Å². The van der Waals surface area contributed by atoms with Gasteiger partial charge < -0.3 is 13.9 Å². The number of aromatic nitrogens is 1. The molecule has 0 aliphatic rings. The largest absolute Gasteiger partial charge is 0.455 e. The van der Waals surface area contributed by atoms with E-state index >= 15 is 0 Å². The fourth-order valence-electron chi connectivity index (χ4n) is 10.3. The minimum atomic E-state index is 0.864. The monoisotopic (exact) mass is 854 g/mol. The van der Waals surface area contributed by atoms with Crippen molar-refractivity contribution in [3.05, 3.63) is 255 Å². The Kier molecular flexibility index (Phi) is 9.17. The van der Waals surface area contributed by atoms with Crippen molar-refractivity contribution in [1.82, 2.24) is 4.57 Å². The van der Waals surface area contributed by atoms with Crippen molar-refractivity contribution in [2.24, 2.45) is 0 Å². The smallest absolute Gasteiger partial charge is 0.143 e. The average molecular weight is 855 g/mol. The van der Waals surface area contributed by atoms with Crippen molar-refractivity contribution < 1.29 is 4.42 Å². The summed E-state index contributed by atoms with van der Waals surface area (Å²) >= 11 is 0. The van der Waals surface area contributed by atoms with Crippen molar-refractivity contribution in [2.45, 2.75) is 0 Å². The average Bonchev–Trinajstić information content (AvgIpc) is 3.96. The van der Waals surface area contributed by atoms with E-state index < -0.39 is 0 Å². The molecule has 314 valence electrons. The van der Waals surface area contributed by atoms with Gasteiger partial charge >= 0.3 is 0 Å². The molecule has 67 heavy (non-hydrogen) atoms. The predicted octanol–water partition coefficient (Wildman–Crippen LogP) is 18.0. The number of furan rings is 1. The molecule has 3 heteroatoms. The number of rotatable bonds is 8. The quantitative estimate of drug-likeness (QED) is 0.152. The summed E-state index contributed by atoms with van der Waals surface area (Å²) in [6.07, 6.45) is 0. The Hall–Kier alpha value is -8.92. The van der Waals surface area contributed by atoms with Gasteiger partial charge in [-0.25, -0.2) is 0 Å². The van der Waals surface area contributed by atoms with E-state index in [1.807, 2.05) is 6.07 Å². The molecule has 13 aromatic rings. The first-order valence-corrected chi connectivity index (χ1v) is 22.9. The molecule has 0 bridgehead atoms. The highest BCUT2D eigenvalue weighted by Gasteiger charge is 2.23. The lowest BCUT2D eigenvalue weighted by atomic mass is 9.94. The second-order valence-corrected chi connectivity index (χ2v) is 17.2. The maximum absolute atomic E-state index is 6.85. The molecule has 0 spiro atoms. The third kappa shape index (κ3) is 6.51. The summed E-state index contributed by atoms with van der Waals surface area (Å²) < 4.78 is 9.27. The Labute approximate surface area is 388 Å². The zero-order valence-electron chi connectivity index (χ0n) is 36.6. The fourth-order valence-corrected chi connectivity index (χ4v) is 10.3. The molecule has 2 aromatic heterocycles. The zero-order valence-corrected chi connectivity index (χ0v) is 36.6. The van der Waals surface area contributed by atoms with Crippen LogP contribution >= 0.6 is 0 Å². The van der Waals surface area contributed by atoms with Gasteiger partial charge in [-0.05, 0) is 99.3 Å². The van der Waals surface area contributed by atoms with Crippen LogP contribution in [0.15, 0.2) is 259 Å². The molecule has 0 saturated heterocycles. The van der Waals surface area contributed by atoms with E-state index in [0.717, 1.165) is 66.9 Å². The number of benzene rings is 11. The lowest BCUT2D eigenvalue weighted by Crippen LogP contribution is -2.11. The van der Waals surface area contributed by atoms with Gasteiger partial charge in [0.2, 0.25) is 0 Å². The maximum Gasteiger partial charge on any atom is 0.143 e. The topological polar surface area (TPSA) is 21.3 Å². The molecule has 0 saturated carbocycles. The molecule has 2 heterocycles. The van der Waals surface area contributed by atoms with Crippen LogP contribution in [0.2, 0.25) is 0 Å². The summed E-state index contributed by atoms with van der Waals surface area (Å²) in [4.78, 5) is 2.40. The van der Waals surface area contributed by atoms with Gasteiger partial charge in [-0.3, -0.25) is 0 Å². The first-order valence-electron chi connectivity index (χ1n) is 22.9. The lowest BCUT2D eigenvalue weighted by molar-refractivity contribution is 0.670. The van der Waals surface area contributed by atoms with Gasteiger partial charge in [0, 0.05) is 49.6 Å². The Morgan fingerprint density at radius 1 is 0.313 bits per heavy atom. The molecule has 0 fully saturated rings. The Morgan fingerprint density at radius 3 is 1.60 bits per heavy atom. The summed E-state index contributed by atoms with van der Waals surface area (Å²) in [7, 11) is 0. The van der Waals surface area contributed by atoms with Crippen molar-refractivity contribution in [2.75, 3.05) is 4.90 Å². The summed E-state index contributed by atoms with van der Waals surface area (Å²) in [5.74, 6) is 0. The van der Waals surface area contributed by atoms with Crippen LogP contribution in [0.25, 0.3) is 105 Å². The van der Waals surface area contributed by atoms with Gasteiger partial charge in [-0.1, -0.05) is 194 Å². The first-order chi connectivity index (χ1) is 33.2. The molecule has 0 N–H and O–H groups in total. The second-order valence-electron chi connectivity index (χ2n) is 17.2. The highest BCUT2D eigenvalue weighted by atomic mass is 16.3. The molecule has 0 aliphatic carbocycles. The van der Waals surface area contributed by atoms with Crippen LogP contribution in [-0.4, -0.2) is 4.57 Å². The van der Waals surface area contributed by atoms with Crippen molar-refractivity contribution in [3.63, 3.8) is 0 Å². The summed E-state index contributed by atoms with van der Waals surface area (Å²) in [5, 5.41) is 7.14. The molecule has 0 atom stereocenters. The summed E-state index contributed by atoms with van der Waals surface area (Å²) in [6.45, 7) is 0. The minimum Gasteiger partial charge on any atom is -0.455 e. The molecule has 11 aromatic carbocycles. The van der Waals surface area contributed by atoms with Gasteiger partial charge in [0.15, 0.2) is 0 Å². The SMILES string of the molecule is c1ccc(-c2ccc(N(c3ccc(-c4cccc5ccccc45)cc3)c3ccc(-c4ccccc4-n4c5ccccc5c5ccccc54)cc3-c3cccc4c3oc3ccccc34)cc2)cc1. The van der Waals surface area contributed by atoms with E-state index in [1.165, 1.54) is 54.8 Å². The highest BCUT2D eigenvalue weighted by molar-refractivity contribution is 6.12. The van der Waals surface area contributed by atoms with Gasteiger partial charge in [0.1, 0.15) is 11.2 Å². The van der Waals surface area contributed by atoms with Crippen molar-refractivity contribution >= 4 is 71.6 Å². The third-order valence-corrected chi connectivity index (χ3v) is 13.4. The van der Waals surface area contributed by atoms with Crippen LogP contribution in [0.1, 0.15) is 0 Å². The van der Waals surface area contributed by atoms with Crippen LogP contribution in [0.4, 0.5) is 17.1 Å². The Morgan fingerprint density at radius 2 is 0.836 bits per heavy atom. The molecular formula is C64H42N2O. The number of nitrogens with zero attached hydrogens (tertiary/aromatic N) is 2. The fraction of sp³-hybridized carbons (Fsp3) is 0. The maximum atomic E-state index is 6.85. The van der Waals surface area contributed by atoms with E-state index in [4.69, 9.17) is 4.42 Å². The molecule has 0 aliphatic heterocycles. The van der Waals surface area contributed by atoms with E-state index in [9.17, 15) is 0 Å². The van der Waals surface area contributed by atoms with Crippen molar-refractivity contribution in [1.29, 1.82) is 0 Å². The zero-order chi connectivity index (χ0) is 44.3. The molecule has 13 rings (SSSR count). The molecule has 0 radical (unpaired) electrons. The molecule has 3 nitrogen and oxygen atoms in total. The molecule has 0 amide bonds. The van der Waals surface area contributed by atoms with Crippen molar-refractivity contribution in [3.8, 4) is 50.2 Å². The second kappa shape index (κ2) is 16.0. The van der Waals surface area contributed by atoms with E-state index in [0.29, 0.717) is 0 Å². The van der Waals surface area contributed by atoms with Gasteiger partial charge in [0.25, 0.3) is 0 Å². The molecular weight excluding hydrogens is 813 g/mol. The summed E-state index contributed by atoms with van der Waals surface area (Å²) in [5.41, 5.74) is 17.4. The predicted molar refractivity (Wildman–Crippen MR) is 282 cm³/mol.